The van der Waals surface area contributed by atoms with Crippen LogP contribution in [0.25, 0.3) is 11.2 Å². The van der Waals surface area contributed by atoms with Crippen LogP contribution in [0.5, 0.6) is 0 Å². The lowest BCUT2D eigenvalue weighted by Gasteiger charge is -2.36. The van der Waals surface area contributed by atoms with E-state index in [2.05, 4.69) is 53.6 Å². The van der Waals surface area contributed by atoms with Crippen molar-refractivity contribution < 1.29 is 118 Å². The third-order valence-corrected chi connectivity index (χ3v) is 24.6. The van der Waals surface area contributed by atoms with E-state index in [1.807, 2.05) is 76.0 Å². The molecule has 0 radical (unpaired) electrons. The average molecular weight is 1510 g/mol. The Labute approximate surface area is 564 Å². The van der Waals surface area contributed by atoms with Crippen molar-refractivity contribution in [2.24, 2.45) is 0 Å². The van der Waals surface area contributed by atoms with Gasteiger partial charge in [0.05, 0.1) is 56.2 Å². The summed E-state index contributed by atoms with van der Waals surface area (Å²) in [5, 5.41) is 16.7. The first-order valence-corrected chi connectivity index (χ1v) is 40.9. The van der Waals surface area contributed by atoms with Gasteiger partial charge in [-0.3, -0.25) is 37.4 Å². The number of nitrogens with zero attached hydrogens (tertiary/aromatic N) is 5. The lowest BCUT2D eigenvalue weighted by Crippen LogP contribution is -2.30. The van der Waals surface area contributed by atoms with Crippen LogP contribution in [-0.4, -0.2) is 143 Å². The maximum atomic E-state index is 13.3. The monoisotopic (exact) mass is 1510 g/mol. The smallest absolute Gasteiger partial charge is 0.280 e. The zero-order valence-electron chi connectivity index (χ0n) is 53.5. The molecular formula is C56H73N9O26P4S3-6. The quantitative estimate of drug-likeness (QED) is 0.0194. The summed E-state index contributed by atoms with van der Waals surface area (Å²) in [7, 11) is -39.1. The molecule has 2 aromatic heterocycles. The van der Waals surface area contributed by atoms with Gasteiger partial charge in [0.1, 0.15) is 29.0 Å². The van der Waals surface area contributed by atoms with Crippen LogP contribution in [0.15, 0.2) is 99.3 Å². The van der Waals surface area contributed by atoms with Crippen molar-refractivity contribution in [3.05, 3.63) is 117 Å². The van der Waals surface area contributed by atoms with Crippen LogP contribution in [0.1, 0.15) is 121 Å². The van der Waals surface area contributed by atoms with Gasteiger partial charge in [-0.2, -0.15) is 9.56 Å². The number of hydrogen-bond donors (Lipinski definition) is 5. The van der Waals surface area contributed by atoms with Gasteiger partial charge in [0, 0.05) is 90.6 Å². The number of aromatic amines is 1. The van der Waals surface area contributed by atoms with Crippen LogP contribution in [0.3, 0.4) is 0 Å². The van der Waals surface area contributed by atoms with Gasteiger partial charge in [-0.05, 0) is 100 Å². The van der Waals surface area contributed by atoms with Crippen LogP contribution in [0, 0.1) is 6.92 Å². The highest BCUT2D eigenvalue weighted by atomic mass is 32.2. The number of anilines is 2. The normalized spacial score (nSPS) is 22.1. The van der Waals surface area contributed by atoms with E-state index in [-0.39, 0.29) is 87.7 Å². The molecule has 0 saturated carbocycles. The molecule has 8 rings (SSSR count). The second-order valence-corrected chi connectivity index (χ2v) is 34.9. The topological polar surface area (TPSA) is 545 Å². The van der Waals surface area contributed by atoms with Gasteiger partial charge >= 0.3 is 0 Å². The number of aliphatic hydroxyl groups is 1. The van der Waals surface area contributed by atoms with E-state index < -0.39 is 126 Å². The number of nitrogen functional groups attached to an aromatic ring is 1. The molecule has 1 fully saturated rings. The summed E-state index contributed by atoms with van der Waals surface area (Å²) in [5.74, 6) is -1.89. The molecule has 4 aromatic rings. The third kappa shape index (κ3) is 20.6. The minimum Gasteiger partial charge on any atom is -0.756 e. The summed E-state index contributed by atoms with van der Waals surface area (Å²) in [6, 6.07) is 9.86. The number of hydrogen-bond acceptors (Lipinski definition) is 31. The lowest BCUT2D eigenvalue weighted by molar-refractivity contribution is -0.437. The first-order valence-electron chi connectivity index (χ1n) is 30.5. The van der Waals surface area contributed by atoms with Gasteiger partial charge < -0.3 is 73.4 Å². The highest BCUT2D eigenvalue weighted by Crippen LogP contribution is 2.67. The Kier molecular flexibility index (Phi) is 24.7. The Hall–Kier alpha value is -5.50. The maximum absolute atomic E-state index is 13.3. The standard InChI is InChI=1S/C56H79N9O26P4S3/c1-36-15-19-42-40(31-36)55(2,3)46(63(42)26-11-29-96(77,78)79)21-16-37-13-10-14-38(17-22-47-56(4,5)41-32-39(98(83,84)85)18-20-43(41)64(47)27-12-30-97(80,81)82)50(37)59-25-23-48(67)58-24-8-6-7-9-28-86-92(69,70)89-94(73,74)91-95(75,76)90-93(71,72)87-34-45-44(66)33-49(88-45)65-35-60-51-52(65)61-54(57)62-53(51)68/h15-22,31-32,35,44-45,49,66H,6-14,23-30,33-34H2,1-5H3,(H11,57,58,61,62,67,68,69,70,71,72,73,74,75,76,77,78,79,80,81,82,83,84,85)/p-6/b37-16+,46-21-/t44?,45-,49-/m1/s1. The molecule has 2 aromatic carbocycles. The van der Waals surface area contributed by atoms with E-state index in [1.54, 1.807) is 4.58 Å². The number of H-pyrrole nitrogens is 1. The molecule has 3 aliphatic heterocycles. The van der Waals surface area contributed by atoms with Gasteiger partial charge in [0.25, 0.3) is 36.9 Å². The number of nitrogens with one attached hydrogen (secondary N) is 3. The summed E-state index contributed by atoms with van der Waals surface area (Å²) in [6.45, 7) is 8.38. The number of benzene rings is 2. The van der Waals surface area contributed by atoms with Crippen molar-refractivity contribution in [1.29, 1.82) is 0 Å². The van der Waals surface area contributed by atoms with E-state index in [9.17, 15) is 91.4 Å². The van der Waals surface area contributed by atoms with Crippen LogP contribution in [0.4, 0.5) is 17.3 Å². The summed E-state index contributed by atoms with van der Waals surface area (Å²) in [4.78, 5) is 86.5. The molecule has 1 saturated heterocycles. The number of imidazole rings is 1. The zero-order valence-corrected chi connectivity index (χ0v) is 59.5. The van der Waals surface area contributed by atoms with Crippen molar-refractivity contribution in [2.75, 3.05) is 61.5 Å². The van der Waals surface area contributed by atoms with Crippen molar-refractivity contribution in [3.63, 3.8) is 0 Å². The highest BCUT2D eigenvalue weighted by Gasteiger charge is 2.45. The molecule has 1 aliphatic carbocycles. The van der Waals surface area contributed by atoms with Crippen molar-refractivity contribution in [2.45, 2.75) is 139 Å². The fourth-order valence-corrected chi connectivity index (χ4v) is 18.1. The Bertz CT molecular complexity index is 4500. The van der Waals surface area contributed by atoms with Crippen molar-refractivity contribution in [1.82, 2.24) is 30.2 Å². The number of aliphatic hydroxyl groups excluding tert-OH is 1. The number of nitrogens with two attached hydrogens (primary N) is 1. The molecule has 0 bridgehead atoms. The Morgan fingerprint density at radius 3 is 2.17 bits per heavy atom. The number of rotatable bonds is 34. The molecule has 7 atom stereocenters. The molecule has 6 N–H and O–H groups in total. The summed E-state index contributed by atoms with van der Waals surface area (Å²) < 4.78 is 185. The number of fused-ring (bicyclic) bond motifs is 3. The largest absolute Gasteiger partial charge is 0.756 e. The number of phosphoric ester groups is 2. The molecule has 5 heterocycles. The number of aryl methyl sites for hydroxylation is 1. The van der Waals surface area contributed by atoms with E-state index in [4.69, 9.17) is 10.5 Å². The predicted octanol–water partition coefficient (Wildman–Crippen LogP) is 2.72. The fourth-order valence-electron chi connectivity index (χ4n) is 11.9. The van der Waals surface area contributed by atoms with Gasteiger partial charge in [-0.1, -0.05) is 56.5 Å². The molecule has 1 amide bonds. The highest BCUT2D eigenvalue weighted by molar-refractivity contribution is 7.86. The second-order valence-electron chi connectivity index (χ2n) is 24.5. The number of carbonyl (C=O) groups is 1. The molecule has 98 heavy (non-hydrogen) atoms. The van der Waals surface area contributed by atoms with E-state index in [0.29, 0.717) is 54.8 Å². The van der Waals surface area contributed by atoms with Gasteiger partial charge in [0.2, 0.25) is 17.5 Å². The lowest BCUT2D eigenvalue weighted by atomic mass is 9.81. The SMILES string of the molecule is Cc1ccc2c(c1)C(C)(C)/C(=C/C=C1\CCCC(/C=C/C3=[N+](CCCS(=O)(=O)[O-])c4ccc(S(=O)(=O)[O-])cc4C3(C)C)=C1NCCC(=O)NCCCCCCOP(=O)([O-])OP(=O)([O-])OP(=O)([O-])OP(=O)([O-])OC[C@H]1O[C@@H](n3cnc4c(=O)[nH]c(N)nc43)CC1O)N2CCCS(=O)(=O)[O-]. The first-order chi connectivity index (χ1) is 45.4. The Balaban J connectivity index is 0.861. The molecule has 4 aliphatic rings. The van der Waals surface area contributed by atoms with Crippen molar-refractivity contribution >= 4 is 102 Å². The maximum Gasteiger partial charge on any atom is 0.280 e. The molecular weight excluding hydrogens is 1430 g/mol. The van der Waals surface area contributed by atoms with Gasteiger partial charge in [-0.25, -0.2) is 43.2 Å². The molecule has 5 unspecified atom stereocenters. The summed E-state index contributed by atoms with van der Waals surface area (Å²) in [6.07, 6.45) is 6.99. The number of ether oxygens (including phenoxy) is 1. The van der Waals surface area contributed by atoms with Crippen LogP contribution < -0.4 is 46.4 Å². The predicted molar refractivity (Wildman–Crippen MR) is 340 cm³/mol. The van der Waals surface area contributed by atoms with Crippen molar-refractivity contribution in [3.8, 4) is 0 Å². The van der Waals surface area contributed by atoms with E-state index in [0.717, 1.165) is 46.1 Å². The van der Waals surface area contributed by atoms with Crippen LogP contribution in [0.2, 0.25) is 0 Å². The van der Waals surface area contributed by atoms with E-state index in [1.165, 1.54) is 16.7 Å². The van der Waals surface area contributed by atoms with Gasteiger partial charge in [0.15, 0.2) is 16.9 Å². The molecule has 0 spiro atoms. The second kappa shape index (κ2) is 31.0. The fraction of sp³-hybridized carbons (Fsp3) is 0.518. The minimum absolute atomic E-state index is 0.0335. The molecule has 35 nitrogen and oxygen atoms in total. The number of unbranched alkanes of at least 4 members (excludes halogenated alkanes) is 3. The van der Waals surface area contributed by atoms with Crippen LogP contribution in [-0.2, 0) is 91.0 Å². The number of carbonyl (C=O) groups excluding carboxylic acids is 1. The summed E-state index contributed by atoms with van der Waals surface area (Å²) >= 11 is 0. The van der Waals surface area contributed by atoms with Crippen LogP contribution >= 0.6 is 31.3 Å². The Morgan fingerprint density at radius 2 is 1.49 bits per heavy atom. The third-order valence-electron chi connectivity index (χ3n) is 16.4. The number of allylic oxidation sites excluding steroid dienone is 7. The zero-order chi connectivity index (χ0) is 72.2. The minimum atomic E-state index is -6.55. The average Bonchev–Trinajstić information content (AvgIpc) is 1.60. The Morgan fingerprint density at radius 1 is 0.827 bits per heavy atom. The molecule has 542 valence electrons. The number of aromatic nitrogens is 4. The number of amides is 1. The summed E-state index contributed by atoms with van der Waals surface area (Å²) in [5.41, 5.74) is 10.6. The van der Waals surface area contributed by atoms with Gasteiger partial charge in [-0.15, -0.1) is 0 Å². The first kappa shape index (κ1) is 78.2. The van der Waals surface area contributed by atoms with E-state index >= 15 is 0 Å². The number of phosphoric acid groups is 4. The molecule has 42 heteroatoms.